The van der Waals surface area contributed by atoms with E-state index in [1.54, 1.807) is 24.3 Å². The van der Waals surface area contributed by atoms with Crippen molar-refractivity contribution in [2.75, 3.05) is 6.61 Å². The molecular weight excluding hydrogens is 401 g/mol. The summed E-state index contributed by atoms with van der Waals surface area (Å²) in [5, 5.41) is 4.12. The molecule has 2 aromatic carbocycles. The van der Waals surface area contributed by atoms with Crippen LogP contribution in [0.2, 0.25) is 5.02 Å². The Morgan fingerprint density at radius 1 is 1.14 bits per heavy atom. The van der Waals surface area contributed by atoms with Gasteiger partial charge in [0.05, 0.1) is 5.56 Å². The lowest BCUT2D eigenvalue weighted by atomic mass is 10.1. The molecule has 0 atom stereocenters. The molecule has 3 aromatic rings. The average molecular weight is 413 g/mol. The van der Waals surface area contributed by atoms with Crippen LogP contribution in [-0.4, -0.2) is 22.7 Å². The first-order valence-electron chi connectivity index (χ1n) is 7.85. The zero-order valence-electron chi connectivity index (χ0n) is 14.1. The molecule has 0 spiro atoms. The molecule has 6 nitrogen and oxygen atoms in total. The maximum atomic E-state index is 12.6. The molecule has 0 aliphatic heterocycles. The Morgan fingerprint density at radius 2 is 1.89 bits per heavy atom. The highest BCUT2D eigenvalue weighted by Gasteiger charge is 2.30. The first kappa shape index (κ1) is 19.7. The van der Waals surface area contributed by atoms with Gasteiger partial charge in [0.25, 0.3) is 5.89 Å². The van der Waals surface area contributed by atoms with Crippen molar-refractivity contribution in [3.05, 3.63) is 65.0 Å². The van der Waals surface area contributed by atoms with Crippen LogP contribution in [0.1, 0.15) is 11.5 Å². The summed E-state index contributed by atoms with van der Waals surface area (Å²) < 4.78 is 52.8. The predicted octanol–water partition coefficient (Wildman–Crippen LogP) is 4.53. The van der Waals surface area contributed by atoms with E-state index in [4.69, 9.17) is 25.6 Å². The molecule has 1 heterocycles. The molecule has 28 heavy (non-hydrogen) atoms. The Hall–Kier alpha value is -3.07. The summed E-state index contributed by atoms with van der Waals surface area (Å²) in [4.78, 5) is 15.7. The van der Waals surface area contributed by atoms with Crippen LogP contribution in [0, 0.1) is 0 Å². The van der Waals surface area contributed by atoms with E-state index in [1.807, 2.05) is 0 Å². The fourth-order valence-corrected chi connectivity index (χ4v) is 2.30. The van der Waals surface area contributed by atoms with E-state index in [0.717, 1.165) is 12.1 Å². The zero-order valence-corrected chi connectivity index (χ0v) is 14.8. The third kappa shape index (κ3) is 5.23. The van der Waals surface area contributed by atoms with Crippen LogP contribution in [0.5, 0.6) is 5.75 Å². The van der Waals surface area contributed by atoms with Gasteiger partial charge in [-0.3, -0.25) is 0 Å². The van der Waals surface area contributed by atoms with Gasteiger partial charge in [-0.2, -0.15) is 18.2 Å². The van der Waals surface area contributed by atoms with Crippen LogP contribution in [0.4, 0.5) is 13.2 Å². The van der Waals surface area contributed by atoms with Crippen molar-refractivity contribution in [1.29, 1.82) is 0 Å². The number of benzene rings is 2. The minimum absolute atomic E-state index is 0.00833. The van der Waals surface area contributed by atoms with Crippen molar-refractivity contribution in [1.82, 2.24) is 10.1 Å². The number of esters is 1. The fraction of sp³-hybridized carbons (Fsp3) is 0.167. The summed E-state index contributed by atoms with van der Waals surface area (Å²) >= 11 is 5.81. The molecule has 0 saturated carbocycles. The Morgan fingerprint density at radius 3 is 2.57 bits per heavy atom. The van der Waals surface area contributed by atoms with Gasteiger partial charge in [-0.25, -0.2) is 4.79 Å². The number of hydrogen-bond acceptors (Lipinski definition) is 6. The SMILES string of the molecule is O=C(COc1cccc(Cl)c1)OCc1nc(-c2ccc(C(F)(F)F)cc2)no1. The van der Waals surface area contributed by atoms with Crippen LogP contribution in [0.15, 0.2) is 53.1 Å². The molecule has 0 saturated heterocycles. The highest BCUT2D eigenvalue weighted by Crippen LogP contribution is 2.30. The van der Waals surface area contributed by atoms with E-state index < -0.39 is 17.7 Å². The molecule has 0 N–H and O–H groups in total. The molecule has 0 unspecified atom stereocenters. The Bertz CT molecular complexity index is 958. The zero-order chi connectivity index (χ0) is 20.1. The number of halogens is 4. The molecule has 0 aliphatic rings. The molecule has 0 radical (unpaired) electrons. The van der Waals surface area contributed by atoms with Gasteiger partial charge in [-0.1, -0.05) is 35.0 Å². The van der Waals surface area contributed by atoms with Crippen LogP contribution in [0.3, 0.4) is 0 Å². The molecule has 0 bridgehead atoms. The number of carbonyl (C=O) groups is 1. The molecule has 0 fully saturated rings. The second-order valence-corrected chi connectivity index (χ2v) is 5.93. The summed E-state index contributed by atoms with van der Waals surface area (Å²) in [6, 6.07) is 10.8. The van der Waals surface area contributed by atoms with Crippen molar-refractivity contribution in [3.63, 3.8) is 0 Å². The number of aromatic nitrogens is 2. The van der Waals surface area contributed by atoms with Gasteiger partial charge in [0.15, 0.2) is 13.2 Å². The quantitative estimate of drug-likeness (QED) is 0.554. The van der Waals surface area contributed by atoms with Crippen molar-refractivity contribution >= 4 is 17.6 Å². The molecular formula is C18H12ClF3N2O4. The summed E-state index contributed by atoms with van der Waals surface area (Å²) in [5.41, 5.74) is -0.452. The summed E-state index contributed by atoms with van der Waals surface area (Å²) in [6.45, 7) is -0.647. The van der Waals surface area contributed by atoms with Crippen LogP contribution in [-0.2, 0) is 22.3 Å². The van der Waals surface area contributed by atoms with Crippen molar-refractivity contribution in [2.24, 2.45) is 0 Å². The summed E-state index contributed by atoms with van der Waals surface area (Å²) in [5.74, 6) is -0.193. The van der Waals surface area contributed by atoms with Crippen molar-refractivity contribution < 1.29 is 32.0 Å². The molecule has 10 heteroatoms. The van der Waals surface area contributed by atoms with E-state index in [-0.39, 0.29) is 24.9 Å². The minimum atomic E-state index is -4.43. The monoisotopic (exact) mass is 412 g/mol. The van der Waals surface area contributed by atoms with E-state index in [1.165, 1.54) is 12.1 Å². The van der Waals surface area contributed by atoms with Crippen LogP contribution >= 0.6 is 11.6 Å². The van der Waals surface area contributed by atoms with Gasteiger partial charge in [0.2, 0.25) is 5.82 Å². The lowest BCUT2D eigenvalue weighted by Crippen LogP contribution is -2.14. The van der Waals surface area contributed by atoms with Gasteiger partial charge >= 0.3 is 12.1 Å². The molecule has 3 rings (SSSR count). The third-order valence-corrected chi connectivity index (χ3v) is 3.68. The maximum Gasteiger partial charge on any atom is 0.416 e. The van der Waals surface area contributed by atoms with Gasteiger partial charge < -0.3 is 14.0 Å². The lowest BCUT2D eigenvalue weighted by molar-refractivity contribution is -0.148. The summed E-state index contributed by atoms with van der Waals surface area (Å²) in [7, 11) is 0. The second kappa shape index (κ2) is 8.30. The Kier molecular flexibility index (Phi) is 5.84. The molecule has 0 aliphatic carbocycles. The molecule has 1 aromatic heterocycles. The van der Waals surface area contributed by atoms with Gasteiger partial charge in [0.1, 0.15) is 5.75 Å². The number of ether oxygens (including phenoxy) is 2. The predicted molar refractivity (Wildman–Crippen MR) is 91.5 cm³/mol. The number of nitrogens with zero attached hydrogens (tertiary/aromatic N) is 2. The Labute approximate surface area is 161 Å². The first-order chi connectivity index (χ1) is 13.3. The largest absolute Gasteiger partial charge is 0.482 e. The number of alkyl halides is 3. The lowest BCUT2D eigenvalue weighted by Gasteiger charge is -2.06. The normalized spacial score (nSPS) is 11.3. The average Bonchev–Trinajstić information content (AvgIpc) is 3.13. The smallest absolute Gasteiger partial charge is 0.416 e. The highest BCUT2D eigenvalue weighted by atomic mass is 35.5. The standard InChI is InChI=1S/C18H12ClF3N2O4/c19-13-2-1-3-14(8-13)26-10-16(25)27-9-15-23-17(24-28-15)11-4-6-12(7-5-11)18(20,21)22/h1-8H,9-10H2. The number of rotatable bonds is 6. The number of hydrogen-bond donors (Lipinski definition) is 0. The summed E-state index contributed by atoms with van der Waals surface area (Å²) in [6.07, 6.45) is -4.43. The van der Waals surface area contributed by atoms with Gasteiger partial charge in [-0.15, -0.1) is 0 Å². The van der Waals surface area contributed by atoms with Crippen LogP contribution < -0.4 is 4.74 Å². The maximum absolute atomic E-state index is 12.6. The minimum Gasteiger partial charge on any atom is -0.482 e. The van der Waals surface area contributed by atoms with Gasteiger partial charge in [-0.05, 0) is 30.3 Å². The first-order valence-corrected chi connectivity index (χ1v) is 8.23. The van der Waals surface area contributed by atoms with E-state index in [2.05, 4.69) is 10.1 Å². The topological polar surface area (TPSA) is 74.5 Å². The molecule has 0 amide bonds. The molecule has 146 valence electrons. The van der Waals surface area contributed by atoms with Crippen LogP contribution in [0.25, 0.3) is 11.4 Å². The number of carbonyl (C=O) groups excluding carboxylic acids is 1. The second-order valence-electron chi connectivity index (χ2n) is 5.49. The van der Waals surface area contributed by atoms with Crippen molar-refractivity contribution in [3.8, 4) is 17.1 Å². The Balaban J connectivity index is 1.52. The third-order valence-electron chi connectivity index (χ3n) is 3.45. The fourth-order valence-electron chi connectivity index (χ4n) is 2.12. The van der Waals surface area contributed by atoms with E-state index >= 15 is 0 Å². The van der Waals surface area contributed by atoms with E-state index in [0.29, 0.717) is 16.3 Å². The van der Waals surface area contributed by atoms with Crippen molar-refractivity contribution in [2.45, 2.75) is 12.8 Å². The highest BCUT2D eigenvalue weighted by molar-refractivity contribution is 6.30. The van der Waals surface area contributed by atoms with Gasteiger partial charge in [0, 0.05) is 10.6 Å². The van der Waals surface area contributed by atoms with E-state index in [9.17, 15) is 18.0 Å².